The number of aryl methyl sites for hydroxylation is 1. The summed E-state index contributed by atoms with van der Waals surface area (Å²) in [6.07, 6.45) is 1.91. The summed E-state index contributed by atoms with van der Waals surface area (Å²) in [5.41, 5.74) is 1.43. The summed E-state index contributed by atoms with van der Waals surface area (Å²) >= 11 is 5.80. The Bertz CT molecular complexity index is 470. The van der Waals surface area contributed by atoms with Crippen LogP contribution in [-0.2, 0) is 9.59 Å². The first-order valence-corrected chi connectivity index (χ1v) is 5.82. The Balaban J connectivity index is 1.99. The molecule has 1 saturated carbocycles. The van der Waals surface area contributed by atoms with E-state index in [-0.39, 0.29) is 6.04 Å². The number of halogens is 1. The van der Waals surface area contributed by atoms with Gasteiger partial charge in [0.1, 0.15) is 0 Å². The molecule has 90 valence electrons. The number of benzene rings is 1. The van der Waals surface area contributed by atoms with Crippen molar-refractivity contribution in [1.29, 1.82) is 0 Å². The van der Waals surface area contributed by atoms with Gasteiger partial charge >= 0.3 is 11.8 Å². The van der Waals surface area contributed by atoms with Crippen LogP contribution in [0.15, 0.2) is 18.2 Å². The van der Waals surface area contributed by atoms with Gasteiger partial charge in [-0.3, -0.25) is 9.59 Å². The van der Waals surface area contributed by atoms with Gasteiger partial charge < -0.3 is 10.6 Å². The van der Waals surface area contributed by atoms with Crippen molar-refractivity contribution in [2.75, 3.05) is 5.32 Å². The van der Waals surface area contributed by atoms with Gasteiger partial charge in [0.2, 0.25) is 0 Å². The molecule has 0 aromatic heterocycles. The summed E-state index contributed by atoms with van der Waals surface area (Å²) < 4.78 is 0. The van der Waals surface area contributed by atoms with Crippen LogP contribution in [0.2, 0.25) is 5.02 Å². The molecule has 0 aliphatic heterocycles. The highest BCUT2D eigenvalue weighted by Gasteiger charge is 2.26. The Labute approximate surface area is 104 Å². The van der Waals surface area contributed by atoms with Crippen LogP contribution in [0, 0.1) is 6.92 Å². The van der Waals surface area contributed by atoms with Crippen LogP contribution in [0.1, 0.15) is 18.4 Å². The van der Waals surface area contributed by atoms with Crippen LogP contribution in [0.25, 0.3) is 0 Å². The molecular weight excluding hydrogens is 240 g/mol. The van der Waals surface area contributed by atoms with E-state index in [2.05, 4.69) is 10.6 Å². The van der Waals surface area contributed by atoms with E-state index in [4.69, 9.17) is 11.6 Å². The summed E-state index contributed by atoms with van der Waals surface area (Å²) in [5.74, 6) is -1.22. The lowest BCUT2D eigenvalue weighted by atomic mass is 10.2. The van der Waals surface area contributed by atoms with Crippen molar-refractivity contribution >= 4 is 29.1 Å². The number of carbonyl (C=O) groups is 2. The summed E-state index contributed by atoms with van der Waals surface area (Å²) in [6, 6.07) is 5.26. The van der Waals surface area contributed by atoms with E-state index in [1.807, 2.05) is 6.92 Å². The Morgan fingerprint density at radius 1 is 1.29 bits per heavy atom. The fraction of sp³-hybridized carbons (Fsp3) is 0.333. The van der Waals surface area contributed by atoms with Crippen molar-refractivity contribution in [2.45, 2.75) is 25.8 Å². The number of carbonyl (C=O) groups excluding carboxylic acids is 2. The molecule has 1 aliphatic rings. The SMILES string of the molecule is Cc1cc(Cl)ccc1NC(=O)C(=O)NC1CC1. The predicted octanol–water partition coefficient (Wildman–Crippen LogP) is 1.87. The fourth-order valence-electron chi connectivity index (χ4n) is 1.43. The summed E-state index contributed by atoms with van der Waals surface area (Å²) in [5, 5.41) is 5.79. The van der Waals surface area contributed by atoms with Crippen molar-refractivity contribution < 1.29 is 9.59 Å². The highest BCUT2D eigenvalue weighted by molar-refractivity contribution is 6.39. The average Bonchev–Trinajstić information content (AvgIpc) is 3.06. The highest BCUT2D eigenvalue weighted by Crippen LogP contribution is 2.20. The van der Waals surface area contributed by atoms with Gasteiger partial charge in [-0.2, -0.15) is 0 Å². The second-order valence-electron chi connectivity index (χ2n) is 4.16. The summed E-state index contributed by atoms with van der Waals surface area (Å²) in [7, 11) is 0. The van der Waals surface area contributed by atoms with Gasteiger partial charge in [0.15, 0.2) is 0 Å². The predicted molar refractivity (Wildman–Crippen MR) is 66.0 cm³/mol. The molecule has 0 saturated heterocycles. The molecular formula is C12H13ClN2O2. The minimum absolute atomic E-state index is 0.180. The van der Waals surface area contributed by atoms with Gasteiger partial charge in [-0.05, 0) is 43.5 Å². The highest BCUT2D eigenvalue weighted by atomic mass is 35.5. The van der Waals surface area contributed by atoms with Gasteiger partial charge in [0.25, 0.3) is 0 Å². The lowest BCUT2D eigenvalue weighted by Gasteiger charge is -2.08. The molecule has 5 heteroatoms. The van der Waals surface area contributed by atoms with Crippen LogP contribution < -0.4 is 10.6 Å². The van der Waals surface area contributed by atoms with E-state index in [1.54, 1.807) is 18.2 Å². The monoisotopic (exact) mass is 252 g/mol. The van der Waals surface area contributed by atoms with Crippen molar-refractivity contribution in [3.05, 3.63) is 28.8 Å². The first-order chi connectivity index (χ1) is 8.06. The summed E-state index contributed by atoms with van der Waals surface area (Å²) in [6.45, 7) is 1.82. The first-order valence-electron chi connectivity index (χ1n) is 5.44. The molecule has 17 heavy (non-hydrogen) atoms. The normalized spacial score (nSPS) is 14.2. The molecule has 4 nitrogen and oxygen atoms in total. The molecule has 2 N–H and O–H groups in total. The second kappa shape index (κ2) is 4.75. The van der Waals surface area contributed by atoms with Crippen LogP contribution >= 0.6 is 11.6 Å². The molecule has 0 unspecified atom stereocenters. The van der Waals surface area contributed by atoms with Crippen LogP contribution in [0.5, 0.6) is 0 Å². The van der Waals surface area contributed by atoms with Gasteiger partial charge in [-0.25, -0.2) is 0 Å². The number of amides is 2. The van der Waals surface area contributed by atoms with Gasteiger partial charge in [0.05, 0.1) is 0 Å². The van der Waals surface area contributed by atoms with Crippen LogP contribution in [0.3, 0.4) is 0 Å². The third kappa shape index (κ3) is 3.20. The second-order valence-corrected chi connectivity index (χ2v) is 4.60. The summed E-state index contributed by atoms with van der Waals surface area (Å²) in [4.78, 5) is 23.0. The van der Waals surface area contributed by atoms with Crippen LogP contribution in [-0.4, -0.2) is 17.9 Å². The number of hydrogen-bond acceptors (Lipinski definition) is 2. The van der Waals surface area contributed by atoms with E-state index < -0.39 is 11.8 Å². The minimum atomic E-state index is -0.637. The molecule has 0 radical (unpaired) electrons. The maximum Gasteiger partial charge on any atom is 0.313 e. The first kappa shape index (κ1) is 11.9. The number of hydrogen-bond donors (Lipinski definition) is 2. The Morgan fingerprint density at radius 3 is 2.59 bits per heavy atom. The van der Waals surface area contributed by atoms with Gasteiger partial charge in [0, 0.05) is 16.8 Å². The average molecular weight is 253 g/mol. The van der Waals surface area contributed by atoms with Gasteiger partial charge in [-0.15, -0.1) is 0 Å². The number of nitrogens with one attached hydrogen (secondary N) is 2. The van der Waals surface area contributed by atoms with E-state index in [9.17, 15) is 9.59 Å². The van der Waals surface area contributed by atoms with Crippen molar-refractivity contribution in [1.82, 2.24) is 5.32 Å². The molecule has 0 atom stereocenters. The van der Waals surface area contributed by atoms with E-state index >= 15 is 0 Å². The fourth-order valence-corrected chi connectivity index (χ4v) is 1.65. The van der Waals surface area contributed by atoms with E-state index in [0.29, 0.717) is 10.7 Å². The quantitative estimate of drug-likeness (QED) is 0.790. The van der Waals surface area contributed by atoms with E-state index in [0.717, 1.165) is 18.4 Å². The zero-order chi connectivity index (χ0) is 12.4. The molecule has 2 rings (SSSR count). The minimum Gasteiger partial charge on any atom is -0.345 e. The molecule has 1 aromatic carbocycles. The standard InChI is InChI=1S/C12H13ClN2O2/c1-7-6-8(13)2-5-10(7)15-12(17)11(16)14-9-3-4-9/h2,5-6,9H,3-4H2,1H3,(H,14,16)(H,15,17). The molecule has 0 bridgehead atoms. The third-order valence-corrected chi connectivity index (χ3v) is 2.79. The smallest absolute Gasteiger partial charge is 0.313 e. The zero-order valence-electron chi connectivity index (χ0n) is 9.42. The molecule has 0 spiro atoms. The van der Waals surface area contributed by atoms with Crippen molar-refractivity contribution in [2.24, 2.45) is 0 Å². The van der Waals surface area contributed by atoms with Crippen molar-refractivity contribution in [3.8, 4) is 0 Å². The lowest BCUT2D eigenvalue weighted by Crippen LogP contribution is -2.36. The molecule has 1 aromatic rings. The van der Waals surface area contributed by atoms with E-state index in [1.165, 1.54) is 0 Å². The molecule has 2 amide bonds. The van der Waals surface area contributed by atoms with Crippen molar-refractivity contribution in [3.63, 3.8) is 0 Å². The molecule has 0 heterocycles. The Hall–Kier alpha value is -1.55. The molecule has 1 fully saturated rings. The van der Waals surface area contributed by atoms with Gasteiger partial charge in [-0.1, -0.05) is 11.6 Å². The maximum absolute atomic E-state index is 11.6. The Kier molecular flexibility index (Phi) is 3.33. The number of rotatable bonds is 2. The Morgan fingerprint density at radius 2 is 2.00 bits per heavy atom. The zero-order valence-corrected chi connectivity index (χ0v) is 10.2. The largest absolute Gasteiger partial charge is 0.345 e. The molecule has 1 aliphatic carbocycles. The lowest BCUT2D eigenvalue weighted by molar-refractivity contribution is -0.136. The topological polar surface area (TPSA) is 58.2 Å². The third-order valence-electron chi connectivity index (χ3n) is 2.56. The number of anilines is 1. The maximum atomic E-state index is 11.6. The van der Waals surface area contributed by atoms with Crippen LogP contribution in [0.4, 0.5) is 5.69 Å².